The molecule has 0 aliphatic heterocycles. The molecule has 9 heteroatoms. The molecule has 0 heterocycles. The Morgan fingerprint density at radius 2 is 0.956 bits per heavy atom. The van der Waals surface area contributed by atoms with Gasteiger partial charge in [-0.15, -0.1) is 6.58 Å². The third-order valence-electron chi connectivity index (χ3n) is 7.81. The Morgan fingerprint density at radius 1 is 0.600 bits per heavy atom. The highest BCUT2D eigenvalue weighted by molar-refractivity contribution is 5.96. The summed E-state index contributed by atoms with van der Waals surface area (Å²) in [6, 6.07) is 0. The van der Waals surface area contributed by atoms with Crippen molar-refractivity contribution < 1.29 is 43.1 Å². The zero-order valence-electron chi connectivity index (χ0n) is 30.4. The van der Waals surface area contributed by atoms with Crippen molar-refractivity contribution in [2.45, 2.75) is 148 Å². The monoisotopic (exact) mass is 640 g/mol. The van der Waals surface area contributed by atoms with E-state index in [1.165, 1.54) is 18.2 Å². The summed E-state index contributed by atoms with van der Waals surface area (Å²) >= 11 is 0. The number of carbonyl (C=O) groups is 2. The molecule has 0 aromatic rings. The Morgan fingerprint density at radius 3 is 1.31 bits per heavy atom. The van der Waals surface area contributed by atoms with E-state index < -0.39 is 45.8 Å². The first-order chi connectivity index (χ1) is 20.4. The number of carbonyl (C=O) groups excluding carboxylic acids is 2. The molecule has 0 bridgehead atoms. The van der Waals surface area contributed by atoms with E-state index in [4.69, 9.17) is 28.4 Å². The van der Waals surface area contributed by atoms with Gasteiger partial charge in [0.05, 0.1) is 55.4 Å². The molecular formula is C36H64O9. The molecule has 45 heavy (non-hydrogen) atoms. The van der Waals surface area contributed by atoms with Gasteiger partial charge in [0.15, 0.2) is 11.6 Å². The first-order valence-electron chi connectivity index (χ1n) is 15.9. The second-order valence-corrected chi connectivity index (χ2v) is 14.9. The molecule has 1 N–H and O–H groups in total. The molecule has 1 atom stereocenters. The van der Waals surface area contributed by atoms with Crippen molar-refractivity contribution in [1.82, 2.24) is 0 Å². The molecule has 262 valence electrons. The second kappa shape index (κ2) is 18.0. The molecular weight excluding hydrogens is 576 g/mol. The average molecular weight is 641 g/mol. The van der Waals surface area contributed by atoms with E-state index in [-0.39, 0.29) is 24.8 Å². The number of hydrogen-bond donors (Lipinski definition) is 1. The maximum absolute atomic E-state index is 12.1. The highest BCUT2D eigenvalue weighted by Crippen LogP contribution is 2.25. The number of ketones is 2. The van der Waals surface area contributed by atoms with Gasteiger partial charge in [-0.1, -0.05) is 19.2 Å². The van der Waals surface area contributed by atoms with Crippen molar-refractivity contribution in [2.24, 2.45) is 0 Å². The van der Waals surface area contributed by atoms with Gasteiger partial charge in [-0.05, 0) is 114 Å². The van der Waals surface area contributed by atoms with Crippen LogP contribution in [0, 0.1) is 0 Å². The van der Waals surface area contributed by atoms with Crippen LogP contribution in [0.25, 0.3) is 0 Å². The minimum Gasteiger partial charge on any atom is -0.386 e. The maximum atomic E-state index is 12.1. The Labute approximate surface area is 273 Å². The summed E-state index contributed by atoms with van der Waals surface area (Å²) in [5.41, 5.74) is -4.43. The summed E-state index contributed by atoms with van der Waals surface area (Å²) in [5, 5.41) is 10.2. The van der Waals surface area contributed by atoms with E-state index >= 15 is 0 Å². The summed E-state index contributed by atoms with van der Waals surface area (Å²) < 4.78 is 36.9. The Kier molecular flexibility index (Phi) is 17.3. The van der Waals surface area contributed by atoms with Crippen LogP contribution in [0.1, 0.15) is 102 Å². The normalized spacial score (nSPS) is 14.4. The van der Waals surface area contributed by atoms with Crippen LogP contribution >= 0.6 is 0 Å². The number of rotatable bonds is 26. The van der Waals surface area contributed by atoms with E-state index in [1.807, 2.05) is 55.4 Å². The van der Waals surface area contributed by atoms with Crippen molar-refractivity contribution in [3.05, 3.63) is 38.0 Å². The van der Waals surface area contributed by atoms with Crippen LogP contribution in [0.2, 0.25) is 0 Å². The Hall–Kier alpha value is -1.72. The van der Waals surface area contributed by atoms with Crippen molar-refractivity contribution >= 4 is 11.6 Å². The minimum absolute atomic E-state index is 0.177. The maximum Gasteiger partial charge on any atom is 0.186 e. The summed E-state index contributed by atoms with van der Waals surface area (Å²) in [4.78, 5) is 24.1. The standard InChI is InChI=1S/C36H64O9/c1-16-28(37)34(10,11)40-22-19-31(4,5)43-25-27(45-33(8,9)21-24-42-36(14,15)30(39)18-3)26-44-32(6,7)20-23-41-35(12,13)29(38)17-2/h16-18,27,30,39H,1-3,19-26H2,4-15H3. The van der Waals surface area contributed by atoms with Crippen LogP contribution in [-0.2, 0) is 38.0 Å². The van der Waals surface area contributed by atoms with Crippen LogP contribution in [0.3, 0.4) is 0 Å². The number of ether oxygens (including phenoxy) is 6. The molecule has 0 aliphatic rings. The molecule has 0 amide bonds. The molecule has 0 spiro atoms. The molecule has 0 saturated carbocycles. The Bertz CT molecular complexity index is 906. The highest BCUT2D eigenvalue weighted by Gasteiger charge is 2.33. The van der Waals surface area contributed by atoms with Gasteiger partial charge in [0.1, 0.15) is 23.4 Å². The molecule has 0 aliphatic carbocycles. The first kappa shape index (κ1) is 43.3. The second-order valence-electron chi connectivity index (χ2n) is 14.9. The van der Waals surface area contributed by atoms with E-state index in [2.05, 4.69) is 19.7 Å². The van der Waals surface area contributed by atoms with Crippen molar-refractivity contribution in [3.8, 4) is 0 Å². The van der Waals surface area contributed by atoms with E-state index in [0.717, 1.165) is 0 Å². The quantitative estimate of drug-likeness (QED) is 0.0854. The third kappa shape index (κ3) is 17.1. The fourth-order valence-electron chi connectivity index (χ4n) is 4.07. The molecule has 9 nitrogen and oxygen atoms in total. The van der Waals surface area contributed by atoms with Gasteiger partial charge >= 0.3 is 0 Å². The average Bonchev–Trinajstić information content (AvgIpc) is 2.92. The zero-order valence-corrected chi connectivity index (χ0v) is 30.4. The molecule has 0 aromatic heterocycles. The van der Waals surface area contributed by atoms with Gasteiger partial charge in [-0.2, -0.15) is 0 Å². The molecule has 0 fully saturated rings. The molecule has 0 rings (SSSR count). The van der Waals surface area contributed by atoms with Crippen LogP contribution < -0.4 is 0 Å². The number of aliphatic hydroxyl groups excluding tert-OH is 1. The third-order valence-corrected chi connectivity index (χ3v) is 7.81. The van der Waals surface area contributed by atoms with Crippen LogP contribution in [0.4, 0.5) is 0 Å². The van der Waals surface area contributed by atoms with Crippen LogP contribution in [-0.4, -0.2) is 95.5 Å². The molecule has 0 saturated heterocycles. The topological polar surface area (TPSA) is 110 Å². The lowest BCUT2D eigenvalue weighted by atomic mass is 10.0. The van der Waals surface area contributed by atoms with Gasteiger partial charge in [-0.3, -0.25) is 9.59 Å². The van der Waals surface area contributed by atoms with Gasteiger partial charge in [-0.25, -0.2) is 0 Å². The number of aliphatic hydroxyl groups is 1. The molecule has 0 aromatic carbocycles. The van der Waals surface area contributed by atoms with Crippen LogP contribution in [0.15, 0.2) is 38.0 Å². The highest BCUT2D eigenvalue weighted by atomic mass is 16.6. The zero-order chi connectivity index (χ0) is 35.3. The predicted octanol–water partition coefficient (Wildman–Crippen LogP) is 6.35. The molecule has 0 radical (unpaired) electrons. The predicted molar refractivity (Wildman–Crippen MR) is 180 cm³/mol. The van der Waals surface area contributed by atoms with E-state index in [9.17, 15) is 14.7 Å². The summed E-state index contributed by atoms with van der Waals surface area (Å²) in [6.07, 6.45) is 4.44. The first-order valence-corrected chi connectivity index (χ1v) is 15.9. The molecule has 1 unspecified atom stereocenters. The lowest BCUT2D eigenvalue weighted by Gasteiger charge is -2.36. The Balaban J connectivity index is 5.47. The van der Waals surface area contributed by atoms with Crippen molar-refractivity contribution in [3.63, 3.8) is 0 Å². The fourth-order valence-corrected chi connectivity index (χ4v) is 4.07. The van der Waals surface area contributed by atoms with Crippen LogP contribution in [0.5, 0.6) is 0 Å². The lowest BCUT2D eigenvalue weighted by molar-refractivity contribution is -0.180. The summed E-state index contributed by atoms with van der Waals surface area (Å²) in [6.45, 7) is 34.6. The SMILES string of the molecule is C=CC(=O)C(C)(C)OCCC(C)(C)OCC(COC(C)(C)CCOC(C)(C)C(=O)C=C)OC(C)(C)CCOC(C)(C)C(O)C=C. The van der Waals surface area contributed by atoms with E-state index in [1.54, 1.807) is 27.7 Å². The van der Waals surface area contributed by atoms with Gasteiger partial charge in [0.25, 0.3) is 0 Å². The summed E-state index contributed by atoms with van der Waals surface area (Å²) in [7, 11) is 0. The fraction of sp³-hybridized carbons (Fsp3) is 0.778. The number of hydrogen-bond acceptors (Lipinski definition) is 9. The largest absolute Gasteiger partial charge is 0.386 e. The van der Waals surface area contributed by atoms with E-state index in [0.29, 0.717) is 39.1 Å². The van der Waals surface area contributed by atoms with Gasteiger partial charge in [0.2, 0.25) is 0 Å². The van der Waals surface area contributed by atoms with Crippen molar-refractivity contribution in [2.75, 3.05) is 33.0 Å². The van der Waals surface area contributed by atoms with Crippen molar-refractivity contribution in [1.29, 1.82) is 0 Å². The van der Waals surface area contributed by atoms with Gasteiger partial charge in [0, 0.05) is 0 Å². The van der Waals surface area contributed by atoms with Gasteiger partial charge < -0.3 is 33.5 Å². The summed E-state index contributed by atoms with van der Waals surface area (Å²) in [5.74, 6) is -0.353. The smallest absolute Gasteiger partial charge is 0.186 e. The minimum atomic E-state index is -0.955. The lowest BCUT2D eigenvalue weighted by Crippen LogP contribution is -2.43.